The van der Waals surface area contributed by atoms with Gasteiger partial charge in [-0.1, -0.05) is 20.8 Å². The van der Waals surface area contributed by atoms with E-state index >= 15 is 0 Å². The van der Waals surface area contributed by atoms with Crippen LogP contribution in [0.2, 0.25) is 0 Å². The fourth-order valence-electron chi connectivity index (χ4n) is 2.52. The summed E-state index contributed by atoms with van der Waals surface area (Å²) in [5.41, 5.74) is 1.42. The van der Waals surface area contributed by atoms with Gasteiger partial charge in [-0.15, -0.1) is 0 Å². The first-order valence-corrected chi connectivity index (χ1v) is 4.06. The van der Waals surface area contributed by atoms with Gasteiger partial charge in [0.2, 0.25) is 0 Å². The molecule has 0 heteroatoms. The van der Waals surface area contributed by atoms with Gasteiger partial charge in [0.05, 0.1) is 0 Å². The lowest BCUT2D eigenvalue weighted by molar-refractivity contribution is 0.226. The molecule has 0 bridgehead atoms. The zero-order valence-corrected chi connectivity index (χ0v) is 6.70. The number of fused-ring (bicyclic) bond motifs is 1. The Morgan fingerprint density at radius 2 is 1.89 bits per heavy atom. The second kappa shape index (κ2) is 1.21. The standard InChI is InChI=1S/C9H16/c1-8(2)5-4-7-6-9(7,8)3/h7H,4-6H2,1-3H3. The van der Waals surface area contributed by atoms with Crippen molar-refractivity contribution in [2.45, 2.75) is 40.0 Å². The molecule has 0 saturated heterocycles. The monoisotopic (exact) mass is 124 g/mol. The molecule has 0 aromatic carbocycles. The summed E-state index contributed by atoms with van der Waals surface area (Å²) in [6, 6.07) is 0. The van der Waals surface area contributed by atoms with E-state index in [-0.39, 0.29) is 0 Å². The highest BCUT2D eigenvalue weighted by atomic mass is 14.7. The SMILES string of the molecule is CC1(C)CCC2CC21C. The van der Waals surface area contributed by atoms with Crippen LogP contribution in [0.15, 0.2) is 0 Å². The van der Waals surface area contributed by atoms with Gasteiger partial charge in [-0.2, -0.15) is 0 Å². The first kappa shape index (κ1) is 5.76. The Morgan fingerprint density at radius 3 is 2.00 bits per heavy atom. The molecule has 0 aliphatic heterocycles. The summed E-state index contributed by atoms with van der Waals surface area (Å²) in [5, 5.41) is 0. The molecule has 2 fully saturated rings. The maximum Gasteiger partial charge on any atom is -0.0243 e. The highest BCUT2D eigenvalue weighted by Crippen LogP contribution is 2.71. The molecular formula is C9H16. The van der Waals surface area contributed by atoms with Crippen LogP contribution in [0.5, 0.6) is 0 Å². The molecule has 0 aromatic rings. The number of hydrogen-bond donors (Lipinski definition) is 0. The minimum atomic E-state index is 0.664. The maximum absolute atomic E-state index is 2.46. The van der Waals surface area contributed by atoms with Crippen molar-refractivity contribution in [2.24, 2.45) is 16.7 Å². The lowest BCUT2D eigenvalue weighted by Gasteiger charge is -2.27. The number of rotatable bonds is 0. The Morgan fingerprint density at radius 1 is 1.22 bits per heavy atom. The summed E-state index contributed by atoms with van der Waals surface area (Å²) in [6.45, 7) is 7.32. The third-order valence-electron chi connectivity index (χ3n) is 4.08. The van der Waals surface area contributed by atoms with Crippen LogP contribution in [0.25, 0.3) is 0 Å². The second-order valence-electron chi connectivity index (χ2n) is 4.74. The van der Waals surface area contributed by atoms with Crippen LogP contribution >= 0.6 is 0 Å². The molecule has 2 atom stereocenters. The highest BCUT2D eigenvalue weighted by Gasteiger charge is 2.62. The first-order chi connectivity index (χ1) is 4.06. The molecule has 2 unspecified atom stereocenters. The molecule has 9 heavy (non-hydrogen) atoms. The normalized spacial score (nSPS) is 53.0. The van der Waals surface area contributed by atoms with Gasteiger partial charge >= 0.3 is 0 Å². The van der Waals surface area contributed by atoms with Gasteiger partial charge < -0.3 is 0 Å². The fourth-order valence-corrected chi connectivity index (χ4v) is 2.52. The summed E-state index contributed by atoms with van der Waals surface area (Å²) in [6.07, 6.45) is 4.48. The summed E-state index contributed by atoms with van der Waals surface area (Å²) < 4.78 is 0. The first-order valence-electron chi connectivity index (χ1n) is 4.06. The van der Waals surface area contributed by atoms with Crippen LogP contribution in [-0.4, -0.2) is 0 Å². The third-order valence-corrected chi connectivity index (χ3v) is 4.08. The lowest BCUT2D eigenvalue weighted by Crippen LogP contribution is -2.18. The van der Waals surface area contributed by atoms with E-state index in [4.69, 9.17) is 0 Å². The molecule has 0 heterocycles. The van der Waals surface area contributed by atoms with E-state index in [0.717, 1.165) is 11.3 Å². The Kier molecular flexibility index (Phi) is 0.774. The molecule has 2 saturated carbocycles. The molecule has 0 spiro atoms. The molecule has 2 aliphatic rings. The van der Waals surface area contributed by atoms with Crippen LogP contribution in [0.1, 0.15) is 40.0 Å². The van der Waals surface area contributed by atoms with Gasteiger partial charge in [0.15, 0.2) is 0 Å². The Labute approximate surface area is 57.6 Å². The molecule has 0 N–H and O–H groups in total. The zero-order chi connectivity index (χ0) is 6.70. The molecule has 0 nitrogen and oxygen atoms in total. The molecule has 2 rings (SSSR count). The van der Waals surface area contributed by atoms with Crippen LogP contribution in [0.3, 0.4) is 0 Å². The average Bonchev–Trinajstić information content (AvgIpc) is 2.34. The summed E-state index contributed by atoms with van der Waals surface area (Å²) in [5.74, 6) is 1.10. The van der Waals surface area contributed by atoms with Gasteiger partial charge in [-0.3, -0.25) is 0 Å². The van der Waals surface area contributed by atoms with Gasteiger partial charge in [0.25, 0.3) is 0 Å². The molecule has 0 aromatic heterocycles. The third kappa shape index (κ3) is 0.500. The van der Waals surface area contributed by atoms with E-state index < -0.39 is 0 Å². The predicted molar refractivity (Wildman–Crippen MR) is 39.2 cm³/mol. The van der Waals surface area contributed by atoms with E-state index in [1.165, 1.54) is 19.3 Å². The number of hydrogen-bond acceptors (Lipinski definition) is 0. The fraction of sp³-hybridized carbons (Fsp3) is 1.00. The van der Waals surface area contributed by atoms with Gasteiger partial charge in [-0.05, 0) is 36.0 Å². The van der Waals surface area contributed by atoms with Crippen molar-refractivity contribution < 1.29 is 0 Å². The maximum atomic E-state index is 2.46. The molecule has 0 amide bonds. The topological polar surface area (TPSA) is 0 Å². The van der Waals surface area contributed by atoms with E-state index in [0.29, 0.717) is 5.41 Å². The lowest BCUT2D eigenvalue weighted by atomic mass is 9.78. The quantitative estimate of drug-likeness (QED) is 0.466. The van der Waals surface area contributed by atoms with E-state index in [1.807, 2.05) is 0 Å². The largest absolute Gasteiger partial charge is 0.0594 e. The molecular weight excluding hydrogens is 108 g/mol. The van der Waals surface area contributed by atoms with Gasteiger partial charge in [0, 0.05) is 0 Å². The predicted octanol–water partition coefficient (Wildman–Crippen LogP) is 2.83. The van der Waals surface area contributed by atoms with Gasteiger partial charge in [-0.25, -0.2) is 0 Å². The van der Waals surface area contributed by atoms with Crippen molar-refractivity contribution in [1.82, 2.24) is 0 Å². The molecule has 2 aliphatic carbocycles. The Balaban J connectivity index is 2.28. The summed E-state index contributed by atoms with van der Waals surface area (Å²) in [7, 11) is 0. The Bertz CT molecular complexity index is 141. The van der Waals surface area contributed by atoms with Crippen molar-refractivity contribution in [1.29, 1.82) is 0 Å². The van der Waals surface area contributed by atoms with Gasteiger partial charge in [0.1, 0.15) is 0 Å². The van der Waals surface area contributed by atoms with Crippen molar-refractivity contribution in [3.05, 3.63) is 0 Å². The van der Waals surface area contributed by atoms with Crippen molar-refractivity contribution in [3.8, 4) is 0 Å². The molecule has 52 valence electrons. The average molecular weight is 124 g/mol. The summed E-state index contributed by atoms with van der Waals surface area (Å²) in [4.78, 5) is 0. The van der Waals surface area contributed by atoms with Crippen LogP contribution < -0.4 is 0 Å². The van der Waals surface area contributed by atoms with Crippen LogP contribution in [0, 0.1) is 16.7 Å². The van der Waals surface area contributed by atoms with Crippen molar-refractivity contribution in [2.75, 3.05) is 0 Å². The van der Waals surface area contributed by atoms with E-state index in [2.05, 4.69) is 20.8 Å². The van der Waals surface area contributed by atoms with Crippen LogP contribution in [-0.2, 0) is 0 Å². The smallest absolute Gasteiger partial charge is 0.0243 e. The summed E-state index contributed by atoms with van der Waals surface area (Å²) >= 11 is 0. The second-order valence-corrected chi connectivity index (χ2v) is 4.74. The minimum absolute atomic E-state index is 0.664. The van der Waals surface area contributed by atoms with Crippen molar-refractivity contribution in [3.63, 3.8) is 0 Å². The minimum Gasteiger partial charge on any atom is -0.0594 e. The van der Waals surface area contributed by atoms with E-state index in [9.17, 15) is 0 Å². The highest BCUT2D eigenvalue weighted by molar-refractivity contribution is 5.12. The molecule has 0 radical (unpaired) electrons. The van der Waals surface area contributed by atoms with E-state index in [1.54, 1.807) is 0 Å². The van der Waals surface area contributed by atoms with Crippen LogP contribution in [0.4, 0.5) is 0 Å². The zero-order valence-electron chi connectivity index (χ0n) is 6.70. The Hall–Kier alpha value is 0. The van der Waals surface area contributed by atoms with Crippen molar-refractivity contribution >= 4 is 0 Å².